The molecule has 1 aromatic heterocycles. The van der Waals surface area contributed by atoms with Crippen LogP contribution < -0.4 is 4.90 Å². The minimum Gasteiger partial charge on any atom is -0.338 e. The average Bonchev–Trinajstić information content (AvgIpc) is 2.32. The van der Waals surface area contributed by atoms with Crippen LogP contribution in [-0.4, -0.2) is 27.9 Å². The Bertz CT molecular complexity index is 327. The van der Waals surface area contributed by atoms with Crippen molar-refractivity contribution < 1.29 is 0 Å². The molecule has 0 saturated carbocycles. The molecule has 1 fully saturated rings. The first-order valence-electron chi connectivity index (χ1n) is 5.61. The van der Waals surface area contributed by atoms with Gasteiger partial charge in [-0.3, -0.25) is 0 Å². The summed E-state index contributed by atoms with van der Waals surface area (Å²) in [6, 6.07) is 0.592. The van der Waals surface area contributed by atoms with Crippen LogP contribution in [0.15, 0.2) is 16.9 Å². The van der Waals surface area contributed by atoms with Gasteiger partial charge in [0.25, 0.3) is 0 Å². The smallest absolute Gasteiger partial charge is 0.225 e. The van der Waals surface area contributed by atoms with Gasteiger partial charge < -0.3 is 4.90 Å². The lowest BCUT2D eigenvalue weighted by molar-refractivity contribution is 0.446. The third-order valence-electron chi connectivity index (χ3n) is 2.93. The lowest BCUT2D eigenvalue weighted by atomic mass is 10.0. The molecule has 1 aromatic rings. The quantitative estimate of drug-likeness (QED) is 0.784. The zero-order valence-electron chi connectivity index (χ0n) is 9.07. The second-order valence-corrected chi connectivity index (χ2v) is 5.73. The van der Waals surface area contributed by atoms with E-state index in [1.165, 1.54) is 25.7 Å². The van der Waals surface area contributed by atoms with Crippen LogP contribution >= 0.6 is 31.9 Å². The first-order chi connectivity index (χ1) is 7.81. The maximum absolute atomic E-state index is 4.39. The van der Waals surface area contributed by atoms with Gasteiger partial charge in [-0.25, -0.2) is 9.97 Å². The molecule has 0 spiro atoms. The number of aromatic nitrogens is 2. The maximum Gasteiger partial charge on any atom is 0.225 e. The summed E-state index contributed by atoms with van der Waals surface area (Å²) in [7, 11) is 0. The van der Waals surface area contributed by atoms with E-state index in [-0.39, 0.29) is 0 Å². The number of hydrogen-bond donors (Lipinski definition) is 0. The molecule has 0 aromatic carbocycles. The van der Waals surface area contributed by atoms with Crippen LogP contribution in [0.1, 0.15) is 25.7 Å². The Morgan fingerprint density at radius 3 is 2.75 bits per heavy atom. The molecule has 2 heterocycles. The normalized spacial score (nSPS) is 21.1. The van der Waals surface area contributed by atoms with Crippen molar-refractivity contribution in [2.75, 3.05) is 16.8 Å². The van der Waals surface area contributed by atoms with E-state index in [9.17, 15) is 0 Å². The highest BCUT2D eigenvalue weighted by atomic mass is 79.9. The first kappa shape index (κ1) is 12.3. The fraction of sp³-hybridized carbons (Fsp3) is 0.636. The van der Waals surface area contributed by atoms with Gasteiger partial charge >= 0.3 is 0 Å². The van der Waals surface area contributed by atoms with Crippen molar-refractivity contribution in [1.29, 1.82) is 0 Å². The third kappa shape index (κ3) is 2.94. The minimum atomic E-state index is 0.592. The van der Waals surface area contributed by atoms with E-state index in [0.717, 1.165) is 22.3 Å². The average molecular weight is 349 g/mol. The van der Waals surface area contributed by atoms with E-state index < -0.39 is 0 Å². The van der Waals surface area contributed by atoms with Crippen molar-refractivity contribution in [3.05, 3.63) is 16.9 Å². The number of rotatable bonds is 3. The van der Waals surface area contributed by atoms with Gasteiger partial charge in [-0.2, -0.15) is 0 Å². The highest BCUT2D eigenvalue weighted by Crippen LogP contribution is 2.24. The first-order valence-corrected chi connectivity index (χ1v) is 7.53. The number of hydrogen-bond acceptors (Lipinski definition) is 3. The number of anilines is 1. The van der Waals surface area contributed by atoms with Gasteiger partial charge in [0.1, 0.15) is 0 Å². The second kappa shape index (κ2) is 5.96. The van der Waals surface area contributed by atoms with Gasteiger partial charge in [-0.05, 0) is 41.6 Å². The lowest BCUT2D eigenvalue weighted by Gasteiger charge is -2.35. The Morgan fingerprint density at radius 2 is 2.06 bits per heavy atom. The molecule has 0 N–H and O–H groups in total. The van der Waals surface area contributed by atoms with Crippen molar-refractivity contribution in [2.45, 2.75) is 31.7 Å². The molecule has 1 unspecified atom stereocenters. The minimum absolute atomic E-state index is 0.592. The van der Waals surface area contributed by atoms with Gasteiger partial charge in [0, 0.05) is 30.3 Å². The van der Waals surface area contributed by atoms with Crippen LogP contribution in [0.25, 0.3) is 0 Å². The zero-order valence-corrected chi connectivity index (χ0v) is 12.2. The molecule has 1 aliphatic rings. The molecule has 3 nitrogen and oxygen atoms in total. The van der Waals surface area contributed by atoms with Gasteiger partial charge in [0.15, 0.2) is 0 Å². The Hall–Kier alpha value is -0.160. The van der Waals surface area contributed by atoms with Crippen molar-refractivity contribution in [3.8, 4) is 0 Å². The molecular weight excluding hydrogens is 334 g/mol. The highest BCUT2D eigenvalue weighted by molar-refractivity contribution is 9.10. The van der Waals surface area contributed by atoms with E-state index in [1.807, 2.05) is 12.4 Å². The molecule has 2 rings (SSSR count). The topological polar surface area (TPSA) is 29.0 Å². The fourth-order valence-corrected chi connectivity index (χ4v) is 2.88. The Morgan fingerprint density at radius 1 is 1.31 bits per heavy atom. The summed E-state index contributed by atoms with van der Waals surface area (Å²) < 4.78 is 0.935. The highest BCUT2D eigenvalue weighted by Gasteiger charge is 2.23. The summed E-state index contributed by atoms with van der Waals surface area (Å²) in [5.74, 6) is 0.869. The Kier molecular flexibility index (Phi) is 4.58. The van der Waals surface area contributed by atoms with Crippen molar-refractivity contribution in [3.63, 3.8) is 0 Å². The van der Waals surface area contributed by atoms with Crippen molar-refractivity contribution in [1.82, 2.24) is 9.97 Å². The molecule has 0 bridgehead atoms. The monoisotopic (exact) mass is 347 g/mol. The molecular formula is C11H15Br2N3. The second-order valence-electron chi connectivity index (χ2n) is 4.02. The van der Waals surface area contributed by atoms with Gasteiger partial charge in [-0.15, -0.1) is 0 Å². The standard InChI is InChI=1S/C11H15Br2N3/c12-5-4-10-3-1-2-6-16(10)11-14-7-9(13)8-15-11/h7-8,10H,1-6H2. The summed E-state index contributed by atoms with van der Waals surface area (Å²) in [5, 5.41) is 1.05. The van der Waals surface area contributed by atoms with Gasteiger partial charge in [-0.1, -0.05) is 15.9 Å². The molecule has 1 saturated heterocycles. The molecule has 16 heavy (non-hydrogen) atoms. The lowest BCUT2D eigenvalue weighted by Crippen LogP contribution is -2.40. The fourth-order valence-electron chi connectivity index (χ4n) is 2.14. The van der Waals surface area contributed by atoms with Crippen LogP contribution in [-0.2, 0) is 0 Å². The van der Waals surface area contributed by atoms with Crippen LogP contribution in [0.4, 0.5) is 5.95 Å². The zero-order chi connectivity index (χ0) is 11.4. The van der Waals surface area contributed by atoms with E-state index in [4.69, 9.17) is 0 Å². The Labute approximate surface area is 113 Å². The van der Waals surface area contributed by atoms with Crippen LogP contribution in [0.2, 0.25) is 0 Å². The molecule has 0 amide bonds. The SMILES string of the molecule is BrCCC1CCCCN1c1ncc(Br)cn1. The van der Waals surface area contributed by atoms with Crippen LogP contribution in [0.3, 0.4) is 0 Å². The van der Waals surface area contributed by atoms with Gasteiger partial charge in [0.05, 0.1) is 4.47 Å². The van der Waals surface area contributed by atoms with E-state index in [0.29, 0.717) is 6.04 Å². The number of piperidine rings is 1. The summed E-state index contributed by atoms with van der Waals surface area (Å²) in [6.07, 6.45) is 8.64. The predicted molar refractivity (Wildman–Crippen MR) is 73.1 cm³/mol. The maximum atomic E-state index is 4.39. The number of halogens is 2. The molecule has 5 heteroatoms. The van der Waals surface area contributed by atoms with Crippen molar-refractivity contribution >= 4 is 37.8 Å². The summed E-state index contributed by atoms with van der Waals surface area (Å²) in [6.45, 7) is 1.08. The predicted octanol–water partition coefficient (Wildman–Crippen LogP) is 3.38. The van der Waals surface area contributed by atoms with Crippen molar-refractivity contribution in [2.24, 2.45) is 0 Å². The molecule has 1 aliphatic heterocycles. The number of alkyl halides is 1. The number of nitrogens with zero attached hydrogens (tertiary/aromatic N) is 3. The third-order valence-corrected chi connectivity index (χ3v) is 3.80. The molecule has 0 aliphatic carbocycles. The summed E-state index contributed by atoms with van der Waals surface area (Å²) >= 11 is 6.89. The summed E-state index contributed by atoms with van der Waals surface area (Å²) in [4.78, 5) is 11.1. The van der Waals surface area contributed by atoms with E-state index in [1.54, 1.807) is 0 Å². The molecule has 1 atom stereocenters. The largest absolute Gasteiger partial charge is 0.338 e. The summed E-state index contributed by atoms with van der Waals surface area (Å²) in [5.41, 5.74) is 0. The van der Waals surface area contributed by atoms with Crippen LogP contribution in [0.5, 0.6) is 0 Å². The van der Waals surface area contributed by atoms with Gasteiger partial charge in [0.2, 0.25) is 5.95 Å². The van der Waals surface area contributed by atoms with E-state index in [2.05, 4.69) is 46.7 Å². The Balaban J connectivity index is 2.13. The molecule has 88 valence electrons. The van der Waals surface area contributed by atoms with Crippen LogP contribution in [0, 0.1) is 0 Å². The van der Waals surface area contributed by atoms with E-state index >= 15 is 0 Å². The molecule has 0 radical (unpaired) electrons.